The van der Waals surface area contributed by atoms with E-state index in [0.29, 0.717) is 0 Å². The minimum atomic E-state index is -0.719. The number of hydrogen-bond donors (Lipinski definition) is 2. The number of nitro benzene ring substituents is 1. The van der Waals surface area contributed by atoms with Crippen LogP contribution in [0.1, 0.15) is 15.9 Å². The van der Waals surface area contributed by atoms with E-state index in [2.05, 4.69) is 0 Å². The molecule has 2 aromatic rings. The fourth-order valence-corrected chi connectivity index (χ4v) is 1.81. The van der Waals surface area contributed by atoms with Crippen molar-refractivity contribution in [2.45, 2.75) is 0 Å². The van der Waals surface area contributed by atoms with Crippen molar-refractivity contribution in [3.05, 3.63) is 75.8 Å². The molecule has 0 aliphatic rings. The van der Waals surface area contributed by atoms with Crippen molar-refractivity contribution in [1.82, 2.24) is 0 Å². The van der Waals surface area contributed by atoms with Crippen molar-refractivity contribution in [3.63, 3.8) is 0 Å². The maximum Gasteiger partial charge on any atom is 0.280 e. The standard InChI is InChI=1S/C15H11NO5/c17-13-8-4-2-6-11(13)15(19)9-14(18)10-5-1-3-7-12(10)16(20)21/h1-9,17,19H/b15-9-. The minimum Gasteiger partial charge on any atom is -0.507 e. The monoisotopic (exact) mass is 285 g/mol. The predicted octanol–water partition coefficient (Wildman–Crippen LogP) is 3.08. The smallest absolute Gasteiger partial charge is 0.280 e. The summed E-state index contributed by atoms with van der Waals surface area (Å²) in [7, 11) is 0. The lowest BCUT2D eigenvalue weighted by molar-refractivity contribution is -0.385. The number of carbonyl (C=O) groups is 1. The number of aliphatic hydroxyl groups excluding tert-OH is 1. The zero-order chi connectivity index (χ0) is 15.4. The Labute approximate surface area is 119 Å². The summed E-state index contributed by atoms with van der Waals surface area (Å²) in [5.41, 5.74) is -0.405. The summed E-state index contributed by atoms with van der Waals surface area (Å²) in [4.78, 5) is 22.2. The van der Waals surface area contributed by atoms with E-state index in [0.717, 1.165) is 6.08 Å². The second-order valence-electron chi connectivity index (χ2n) is 4.19. The van der Waals surface area contributed by atoms with E-state index in [1.54, 1.807) is 12.1 Å². The first-order valence-electron chi connectivity index (χ1n) is 5.97. The van der Waals surface area contributed by atoms with Gasteiger partial charge in [-0.3, -0.25) is 14.9 Å². The van der Waals surface area contributed by atoms with Crippen LogP contribution in [0.3, 0.4) is 0 Å². The lowest BCUT2D eigenvalue weighted by Crippen LogP contribution is -2.02. The molecule has 2 aromatic carbocycles. The first-order valence-corrected chi connectivity index (χ1v) is 5.97. The zero-order valence-corrected chi connectivity index (χ0v) is 10.8. The van der Waals surface area contributed by atoms with Gasteiger partial charge in [0.05, 0.1) is 16.1 Å². The van der Waals surface area contributed by atoms with Crippen molar-refractivity contribution in [2.24, 2.45) is 0 Å². The third-order valence-electron chi connectivity index (χ3n) is 2.81. The van der Waals surface area contributed by atoms with Gasteiger partial charge in [-0.25, -0.2) is 0 Å². The summed E-state index contributed by atoms with van der Waals surface area (Å²) < 4.78 is 0. The molecule has 6 heteroatoms. The number of benzene rings is 2. The van der Waals surface area contributed by atoms with Crippen molar-refractivity contribution in [1.29, 1.82) is 0 Å². The summed E-state index contributed by atoms with van der Waals surface area (Å²) in [6, 6.07) is 11.4. The number of aromatic hydroxyl groups is 1. The van der Waals surface area contributed by atoms with Gasteiger partial charge in [-0.15, -0.1) is 0 Å². The van der Waals surface area contributed by atoms with Crippen LogP contribution in [0.5, 0.6) is 5.75 Å². The maximum absolute atomic E-state index is 12.0. The number of nitro groups is 1. The molecule has 0 aliphatic heterocycles. The van der Waals surface area contributed by atoms with Crippen LogP contribution in [-0.4, -0.2) is 20.9 Å². The molecular weight excluding hydrogens is 274 g/mol. The molecular formula is C15H11NO5. The first kappa shape index (κ1) is 14.3. The molecule has 2 rings (SSSR count). The van der Waals surface area contributed by atoms with Crippen LogP contribution in [0.25, 0.3) is 5.76 Å². The van der Waals surface area contributed by atoms with Crippen molar-refractivity contribution in [2.75, 3.05) is 0 Å². The topological polar surface area (TPSA) is 101 Å². The number of para-hydroxylation sites is 2. The Bertz CT molecular complexity index is 736. The molecule has 0 unspecified atom stereocenters. The molecule has 6 nitrogen and oxygen atoms in total. The summed E-state index contributed by atoms with van der Waals surface area (Å²) in [6.07, 6.45) is 0.845. The highest BCUT2D eigenvalue weighted by molar-refractivity contribution is 6.10. The number of hydrogen-bond acceptors (Lipinski definition) is 5. The summed E-state index contributed by atoms with van der Waals surface area (Å²) in [5, 5.41) is 30.3. The van der Waals surface area contributed by atoms with Gasteiger partial charge in [0.25, 0.3) is 5.69 Å². The van der Waals surface area contributed by atoms with Gasteiger partial charge in [-0.05, 0) is 18.2 Å². The van der Waals surface area contributed by atoms with E-state index in [4.69, 9.17) is 0 Å². The van der Waals surface area contributed by atoms with Crippen molar-refractivity contribution < 1.29 is 19.9 Å². The van der Waals surface area contributed by atoms with Crippen molar-refractivity contribution >= 4 is 17.2 Å². The highest BCUT2D eigenvalue weighted by atomic mass is 16.6. The van der Waals surface area contributed by atoms with Crippen LogP contribution < -0.4 is 0 Å². The fourth-order valence-electron chi connectivity index (χ4n) is 1.81. The number of rotatable bonds is 4. The summed E-state index contributed by atoms with van der Waals surface area (Å²) >= 11 is 0. The third-order valence-corrected chi connectivity index (χ3v) is 2.81. The average Bonchev–Trinajstić information content (AvgIpc) is 2.47. The van der Waals surface area contributed by atoms with Gasteiger partial charge in [0, 0.05) is 12.1 Å². The van der Waals surface area contributed by atoms with Crippen LogP contribution in [-0.2, 0) is 0 Å². The van der Waals surface area contributed by atoms with E-state index >= 15 is 0 Å². The van der Waals surface area contributed by atoms with E-state index in [-0.39, 0.29) is 22.6 Å². The quantitative estimate of drug-likeness (QED) is 0.295. The first-order chi connectivity index (χ1) is 10.0. The fraction of sp³-hybridized carbons (Fsp3) is 0. The second kappa shape index (κ2) is 5.87. The van der Waals surface area contributed by atoms with Crippen LogP contribution in [0.4, 0.5) is 5.69 Å². The molecule has 0 amide bonds. The van der Waals surface area contributed by atoms with Gasteiger partial charge in [-0.1, -0.05) is 24.3 Å². The molecule has 0 atom stereocenters. The molecule has 0 fully saturated rings. The Morgan fingerprint density at radius 1 is 1.05 bits per heavy atom. The Kier molecular flexibility index (Phi) is 3.99. The molecule has 0 bridgehead atoms. The lowest BCUT2D eigenvalue weighted by atomic mass is 10.1. The van der Waals surface area contributed by atoms with E-state index in [9.17, 15) is 25.1 Å². The van der Waals surface area contributed by atoms with Gasteiger partial charge in [0.1, 0.15) is 11.5 Å². The third kappa shape index (κ3) is 3.06. The maximum atomic E-state index is 12.0. The van der Waals surface area contributed by atoms with Gasteiger partial charge in [0.2, 0.25) is 0 Å². The second-order valence-corrected chi connectivity index (χ2v) is 4.19. The predicted molar refractivity (Wildman–Crippen MR) is 76.1 cm³/mol. The molecule has 0 aliphatic carbocycles. The van der Waals surface area contributed by atoms with Crippen LogP contribution >= 0.6 is 0 Å². The van der Waals surface area contributed by atoms with Gasteiger partial charge < -0.3 is 10.2 Å². The van der Waals surface area contributed by atoms with Gasteiger partial charge in [-0.2, -0.15) is 0 Å². The Balaban J connectivity index is 2.40. The number of phenols is 1. The number of phenolic OH excluding ortho intramolecular Hbond substituents is 1. The number of aliphatic hydroxyl groups is 1. The molecule has 0 saturated heterocycles. The Morgan fingerprint density at radius 3 is 2.24 bits per heavy atom. The van der Waals surface area contributed by atoms with Crippen molar-refractivity contribution in [3.8, 4) is 5.75 Å². The van der Waals surface area contributed by atoms with Gasteiger partial charge in [0.15, 0.2) is 5.78 Å². The lowest BCUT2D eigenvalue weighted by Gasteiger charge is -2.03. The molecule has 106 valence electrons. The van der Waals surface area contributed by atoms with E-state index in [1.165, 1.54) is 36.4 Å². The highest BCUT2D eigenvalue weighted by Crippen LogP contribution is 2.24. The SMILES string of the molecule is O=C(/C=C(\O)c1ccccc1O)c1ccccc1[N+](=O)[O-]. The van der Waals surface area contributed by atoms with E-state index in [1.807, 2.05) is 0 Å². The Morgan fingerprint density at radius 2 is 1.62 bits per heavy atom. The number of nitrogens with zero attached hydrogens (tertiary/aromatic N) is 1. The van der Waals surface area contributed by atoms with Crippen LogP contribution in [0.15, 0.2) is 54.6 Å². The molecule has 0 spiro atoms. The molecule has 0 radical (unpaired) electrons. The number of ketones is 1. The molecule has 0 aromatic heterocycles. The average molecular weight is 285 g/mol. The normalized spacial score (nSPS) is 11.1. The highest BCUT2D eigenvalue weighted by Gasteiger charge is 2.18. The molecule has 2 N–H and O–H groups in total. The number of allylic oxidation sites excluding steroid dienone is 1. The van der Waals surface area contributed by atoms with Crippen LogP contribution in [0, 0.1) is 10.1 Å². The minimum absolute atomic E-state index is 0.0736. The molecule has 21 heavy (non-hydrogen) atoms. The summed E-state index contributed by atoms with van der Waals surface area (Å²) in [6.45, 7) is 0. The number of carbonyl (C=O) groups excluding carboxylic acids is 1. The van der Waals surface area contributed by atoms with E-state index < -0.39 is 16.5 Å². The summed E-state index contributed by atoms with van der Waals surface area (Å²) in [5.74, 6) is -1.37. The largest absolute Gasteiger partial charge is 0.507 e. The Hall–Kier alpha value is -3.15. The zero-order valence-electron chi connectivity index (χ0n) is 10.8. The molecule has 0 heterocycles. The van der Waals surface area contributed by atoms with Crippen LogP contribution in [0.2, 0.25) is 0 Å². The van der Waals surface area contributed by atoms with Gasteiger partial charge >= 0.3 is 0 Å². The molecule has 0 saturated carbocycles.